The lowest BCUT2D eigenvalue weighted by atomic mass is 9.82. The van der Waals surface area contributed by atoms with Gasteiger partial charge in [0.15, 0.2) is 18.4 Å². The fraction of sp³-hybridized carbons (Fsp3) is 0.750. The SMILES string of the molecule is C[C@@H]1O[C@@H](OC2[C@@H](C)[C@H](C)OC(=O)C[C@H](O)C[C@H](O)C[C@H](O)CC[C@@H](O)[C@H](O)C[C@]3(O)C[C@H](O)[C@@H](C(=O)NC(CO)CO)[C@H](C[C@@H](O[C@@H]4O[C@H](C)[C@@H](O)[C@H](N)[C@@H]4O)/C=C/C=C/C=C/C=C/CC/C=C/C=C/[C@@H]2C)O3)C[C@@H](O)[C@H]1O. The maximum atomic E-state index is 13.8. The predicted molar refractivity (Wildman–Crippen MR) is 285 cm³/mol. The van der Waals surface area contributed by atoms with Crippen LogP contribution in [0, 0.1) is 17.8 Å². The van der Waals surface area contributed by atoms with Crippen LogP contribution in [0.4, 0.5) is 0 Å². The molecule has 2 bridgehead atoms. The minimum absolute atomic E-state index is 0.0151. The van der Waals surface area contributed by atoms with Gasteiger partial charge in [0.05, 0.1) is 117 Å². The first-order chi connectivity index (χ1) is 37.4. The quantitative estimate of drug-likeness (QED) is 0.132. The average molecular weight is 1130 g/mol. The van der Waals surface area contributed by atoms with Crippen LogP contribution in [0.25, 0.3) is 0 Å². The van der Waals surface area contributed by atoms with E-state index in [9.17, 15) is 76.0 Å². The molecule has 4 aliphatic rings. The minimum Gasteiger partial charge on any atom is -0.462 e. The fourth-order valence-electron chi connectivity index (χ4n) is 10.1. The minimum atomic E-state index is -2.40. The molecule has 0 aromatic carbocycles. The van der Waals surface area contributed by atoms with Crippen molar-refractivity contribution in [3.8, 4) is 0 Å². The number of hydrogen-bond acceptors (Lipinski definition) is 22. The second-order valence-electron chi connectivity index (χ2n) is 21.8. The molecule has 452 valence electrons. The van der Waals surface area contributed by atoms with Crippen LogP contribution >= 0.6 is 0 Å². The van der Waals surface area contributed by atoms with Crippen LogP contribution in [0.15, 0.2) is 72.9 Å². The van der Waals surface area contributed by atoms with E-state index in [0.717, 1.165) is 0 Å². The largest absolute Gasteiger partial charge is 0.462 e. The molecule has 1 amide bonds. The Morgan fingerprint density at radius 1 is 0.671 bits per heavy atom. The summed E-state index contributed by atoms with van der Waals surface area (Å²) in [5.41, 5.74) is 6.10. The molecule has 23 nitrogen and oxygen atoms in total. The van der Waals surface area contributed by atoms with Crippen molar-refractivity contribution in [2.75, 3.05) is 13.2 Å². The van der Waals surface area contributed by atoms with Crippen molar-refractivity contribution in [1.82, 2.24) is 5.32 Å². The maximum Gasteiger partial charge on any atom is 0.308 e. The number of allylic oxidation sites excluding steroid dienone is 10. The average Bonchev–Trinajstić information content (AvgIpc) is 3.40. The number of rotatable bonds is 8. The third kappa shape index (κ3) is 22.0. The number of fused-ring (bicyclic) bond motifs is 2. The first kappa shape index (κ1) is 68.1. The van der Waals surface area contributed by atoms with Crippen LogP contribution < -0.4 is 11.1 Å². The van der Waals surface area contributed by atoms with Crippen LogP contribution in [0.2, 0.25) is 0 Å². The van der Waals surface area contributed by atoms with Gasteiger partial charge in [0, 0.05) is 37.5 Å². The molecule has 23 atom stereocenters. The zero-order chi connectivity index (χ0) is 58.6. The first-order valence-corrected chi connectivity index (χ1v) is 27.7. The topological polar surface area (TPSA) is 391 Å². The van der Waals surface area contributed by atoms with Gasteiger partial charge in [-0.05, 0) is 59.3 Å². The van der Waals surface area contributed by atoms with Crippen LogP contribution in [0.5, 0.6) is 0 Å². The van der Waals surface area contributed by atoms with Crippen molar-refractivity contribution in [2.24, 2.45) is 23.5 Å². The molecule has 1 unspecified atom stereocenters. The van der Waals surface area contributed by atoms with E-state index in [1.165, 1.54) is 13.0 Å². The van der Waals surface area contributed by atoms with E-state index >= 15 is 0 Å². The molecule has 0 radical (unpaired) electrons. The summed E-state index contributed by atoms with van der Waals surface area (Å²) in [6, 6.07) is -2.31. The van der Waals surface area contributed by atoms with Crippen molar-refractivity contribution in [3.05, 3.63) is 72.9 Å². The number of ether oxygens (including phenoxy) is 6. The Bertz CT molecular complexity index is 1980. The zero-order valence-electron chi connectivity index (χ0n) is 46.1. The molecule has 0 aromatic heterocycles. The summed E-state index contributed by atoms with van der Waals surface area (Å²) in [5, 5.41) is 142. The van der Waals surface area contributed by atoms with E-state index in [1.807, 2.05) is 56.4 Å². The zero-order valence-corrected chi connectivity index (χ0v) is 46.1. The third-order valence-corrected chi connectivity index (χ3v) is 15.0. The number of carbonyl (C=O) groups is 2. The number of hydrogen-bond donors (Lipinski definition) is 15. The van der Waals surface area contributed by atoms with Crippen molar-refractivity contribution < 1.29 is 104 Å². The van der Waals surface area contributed by atoms with E-state index < -0.39 is 184 Å². The normalized spacial score (nSPS) is 44.3. The molecule has 4 aliphatic heterocycles. The van der Waals surface area contributed by atoms with Gasteiger partial charge >= 0.3 is 5.97 Å². The Hall–Kier alpha value is -3.38. The summed E-state index contributed by atoms with van der Waals surface area (Å²) in [5.74, 6) is -6.23. The number of amides is 1. The van der Waals surface area contributed by atoms with Crippen LogP contribution in [0.1, 0.15) is 105 Å². The molecule has 16 N–H and O–H groups in total. The number of aliphatic hydroxyl groups excluding tert-OH is 12. The Labute approximate surface area is 463 Å². The molecule has 0 aromatic rings. The highest BCUT2D eigenvalue weighted by molar-refractivity contribution is 5.80. The van der Waals surface area contributed by atoms with Crippen molar-refractivity contribution in [3.63, 3.8) is 0 Å². The summed E-state index contributed by atoms with van der Waals surface area (Å²) in [4.78, 5) is 26.9. The summed E-state index contributed by atoms with van der Waals surface area (Å²) in [6.07, 6.45) is -1.95. The predicted octanol–water partition coefficient (Wildman–Crippen LogP) is -0.798. The maximum absolute atomic E-state index is 13.8. The number of esters is 1. The lowest BCUT2D eigenvalue weighted by Crippen LogP contribution is -2.62. The molecular weight excluding hydrogens is 1040 g/mol. The lowest BCUT2D eigenvalue weighted by Gasteiger charge is -2.46. The molecule has 0 spiro atoms. The molecule has 3 saturated heterocycles. The van der Waals surface area contributed by atoms with Crippen LogP contribution in [-0.4, -0.2) is 220 Å². The highest BCUT2D eigenvalue weighted by Gasteiger charge is 2.51. The van der Waals surface area contributed by atoms with Gasteiger partial charge in [-0.25, -0.2) is 0 Å². The van der Waals surface area contributed by atoms with Gasteiger partial charge in [0.25, 0.3) is 0 Å². The summed E-state index contributed by atoms with van der Waals surface area (Å²) in [6.45, 7) is 7.28. The molecule has 4 heterocycles. The smallest absolute Gasteiger partial charge is 0.308 e. The van der Waals surface area contributed by atoms with Crippen LogP contribution in [0.3, 0.4) is 0 Å². The monoisotopic (exact) mass is 1130 g/mol. The second kappa shape index (κ2) is 33.7. The third-order valence-electron chi connectivity index (χ3n) is 15.0. The molecular formula is C56H92N2O21. The van der Waals surface area contributed by atoms with E-state index in [4.69, 9.17) is 34.2 Å². The number of nitrogens with one attached hydrogen (secondary N) is 1. The van der Waals surface area contributed by atoms with Crippen LogP contribution in [-0.2, 0) is 38.0 Å². The van der Waals surface area contributed by atoms with Crippen molar-refractivity contribution in [2.45, 2.75) is 233 Å². The highest BCUT2D eigenvalue weighted by Crippen LogP contribution is 2.39. The Kier molecular flexibility index (Phi) is 29.0. The molecule has 0 saturated carbocycles. The summed E-state index contributed by atoms with van der Waals surface area (Å²) >= 11 is 0. The molecule has 3 fully saturated rings. The van der Waals surface area contributed by atoms with Crippen molar-refractivity contribution in [1.29, 1.82) is 0 Å². The molecule has 0 aliphatic carbocycles. The van der Waals surface area contributed by atoms with E-state index in [2.05, 4.69) is 5.32 Å². The van der Waals surface area contributed by atoms with E-state index in [1.54, 1.807) is 38.2 Å². The molecule has 4 rings (SSSR count). The Morgan fingerprint density at radius 3 is 1.92 bits per heavy atom. The Morgan fingerprint density at radius 2 is 1.27 bits per heavy atom. The lowest BCUT2D eigenvalue weighted by molar-refractivity contribution is -0.308. The van der Waals surface area contributed by atoms with Gasteiger partial charge in [0.2, 0.25) is 5.91 Å². The molecule has 79 heavy (non-hydrogen) atoms. The summed E-state index contributed by atoms with van der Waals surface area (Å²) < 4.78 is 36.2. The number of nitrogens with two attached hydrogens (primary N) is 1. The van der Waals surface area contributed by atoms with Crippen molar-refractivity contribution >= 4 is 11.9 Å². The number of carbonyl (C=O) groups excluding carboxylic acids is 2. The first-order valence-electron chi connectivity index (χ1n) is 27.7. The standard InChI is InChI=1S/C56H92N2O21/c1-31-18-16-14-12-10-8-6-7-9-11-13-15-17-19-40(77-55-52(71)49(57)51(70)35(5)76-55)25-45-48(54(72)58-36(29-59)30-60)44(67)28-56(73,79-45)27-43(66)41(64)21-20-37(61)22-38(62)23-39(63)24-46(68)74-33(3)32(2)53(31)78-47-26-42(65)50(69)34(4)75-47/h6-7,9,11-19,31-45,47-53,55,59-67,69-71,73H,8,10,20-30,57H2,1-5H3,(H,58,72)/b7-6+,11-9+,14-12+,15-13+,18-16+,19-17+/t31-,32-,33-,34-,35+,37+,38+,39+,40-,41+,42+,43+,44-,45-,47-,48+,49-,50-,51+,52-,53?,55-,56+/m0/s1. The fourth-order valence-corrected chi connectivity index (χ4v) is 10.1. The highest BCUT2D eigenvalue weighted by atomic mass is 16.7. The van der Waals surface area contributed by atoms with Gasteiger partial charge < -0.3 is 106 Å². The second-order valence-corrected chi connectivity index (χ2v) is 21.8. The molecule has 23 heteroatoms. The summed E-state index contributed by atoms with van der Waals surface area (Å²) in [7, 11) is 0. The van der Waals surface area contributed by atoms with Gasteiger partial charge in [-0.2, -0.15) is 0 Å². The van der Waals surface area contributed by atoms with Gasteiger partial charge in [-0.1, -0.05) is 86.8 Å². The van der Waals surface area contributed by atoms with Gasteiger partial charge in [-0.15, -0.1) is 0 Å². The van der Waals surface area contributed by atoms with E-state index in [-0.39, 0.29) is 44.4 Å². The van der Waals surface area contributed by atoms with E-state index in [0.29, 0.717) is 12.8 Å². The number of cyclic esters (lactones) is 1. The van der Waals surface area contributed by atoms with Gasteiger partial charge in [0.1, 0.15) is 18.3 Å². The number of aliphatic hydroxyl groups is 13. The van der Waals surface area contributed by atoms with Gasteiger partial charge in [-0.3, -0.25) is 9.59 Å². The Balaban J connectivity index is 1.60.